The minimum absolute atomic E-state index is 0.00581. The number of carbonyl (C=O) groups is 1. The van der Waals surface area contributed by atoms with Crippen LogP contribution in [0.3, 0.4) is 0 Å². The highest BCUT2D eigenvalue weighted by molar-refractivity contribution is 7.92. The van der Waals surface area contributed by atoms with Crippen molar-refractivity contribution in [3.8, 4) is 0 Å². The van der Waals surface area contributed by atoms with Crippen LogP contribution in [-0.2, 0) is 10.0 Å². The Morgan fingerprint density at radius 3 is 2.76 bits per heavy atom. The first-order valence-corrected chi connectivity index (χ1v) is 7.91. The van der Waals surface area contributed by atoms with Gasteiger partial charge in [-0.2, -0.15) is 5.10 Å². The lowest BCUT2D eigenvalue weighted by molar-refractivity contribution is 0.0954. The highest BCUT2D eigenvalue weighted by atomic mass is 32.2. The smallest absolute Gasteiger partial charge is 0.265 e. The molecule has 0 unspecified atom stereocenters. The molecule has 7 nitrogen and oxygen atoms in total. The van der Waals surface area contributed by atoms with E-state index in [-0.39, 0.29) is 22.1 Å². The summed E-state index contributed by atoms with van der Waals surface area (Å²) in [5.41, 5.74) is 0.505. The van der Waals surface area contributed by atoms with Crippen LogP contribution in [0.1, 0.15) is 23.7 Å². The number of hydrogen-bond acceptors (Lipinski definition) is 4. The van der Waals surface area contributed by atoms with Gasteiger partial charge in [-0.3, -0.25) is 14.6 Å². The monoisotopic (exact) mass is 308 g/mol. The quantitative estimate of drug-likeness (QED) is 0.749. The number of para-hydroxylation sites is 1. The van der Waals surface area contributed by atoms with Crippen molar-refractivity contribution in [1.29, 1.82) is 0 Å². The highest BCUT2D eigenvalue weighted by Gasteiger charge is 2.19. The lowest BCUT2D eigenvalue weighted by Gasteiger charge is -2.11. The Morgan fingerprint density at radius 2 is 2.10 bits per heavy atom. The summed E-state index contributed by atoms with van der Waals surface area (Å²) >= 11 is 0. The molecule has 0 aliphatic rings. The predicted molar refractivity (Wildman–Crippen MR) is 78.5 cm³/mol. The van der Waals surface area contributed by atoms with Gasteiger partial charge >= 0.3 is 0 Å². The zero-order chi connectivity index (χ0) is 15.3. The van der Waals surface area contributed by atoms with E-state index < -0.39 is 10.0 Å². The minimum atomic E-state index is -3.77. The zero-order valence-electron chi connectivity index (χ0n) is 11.5. The first-order valence-electron chi connectivity index (χ1n) is 6.43. The summed E-state index contributed by atoms with van der Waals surface area (Å²) in [5, 5.41) is 8.76. The molecule has 112 valence electrons. The second-order valence-corrected chi connectivity index (χ2v) is 6.02. The third kappa shape index (κ3) is 3.60. The van der Waals surface area contributed by atoms with E-state index in [1.165, 1.54) is 12.4 Å². The summed E-state index contributed by atoms with van der Waals surface area (Å²) in [7, 11) is -3.77. The van der Waals surface area contributed by atoms with Gasteiger partial charge in [-0.25, -0.2) is 8.42 Å². The fourth-order valence-corrected chi connectivity index (χ4v) is 2.68. The van der Waals surface area contributed by atoms with Crippen molar-refractivity contribution in [3.63, 3.8) is 0 Å². The second-order valence-electron chi connectivity index (χ2n) is 4.34. The molecule has 1 heterocycles. The third-order valence-electron chi connectivity index (χ3n) is 2.74. The molecule has 0 fully saturated rings. The number of nitrogens with one attached hydrogen (secondary N) is 3. The number of benzene rings is 1. The van der Waals surface area contributed by atoms with Crippen LogP contribution in [0.5, 0.6) is 0 Å². The second kappa shape index (κ2) is 6.40. The van der Waals surface area contributed by atoms with E-state index in [0.29, 0.717) is 6.54 Å². The first-order chi connectivity index (χ1) is 10.0. The fourth-order valence-electron chi connectivity index (χ4n) is 1.69. The van der Waals surface area contributed by atoms with Crippen LogP contribution in [0.2, 0.25) is 0 Å². The maximum Gasteiger partial charge on any atom is 0.265 e. The maximum absolute atomic E-state index is 12.1. The van der Waals surface area contributed by atoms with Crippen LogP contribution in [0.15, 0.2) is 41.6 Å². The van der Waals surface area contributed by atoms with E-state index >= 15 is 0 Å². The molecule has 0 saturated carbocycles. The van der Waals surface area contributed by atoms with Gasteiger partial charge in [0, 0.05) is 12.7 Å². The van der Waals surface area contributed by atoms with Gasteiger partial charge in [-0.05, 0) is 18.6 Å². The van der Waals surface area contributed by atoms with Crippen molar-refractivity contribution < 1.29 is 13.2 Å². The van der Waals surface area contributed by atoms with Gasteiger partial charge in [0.05, 0.1) is 17.4 Å². The Labute approximate surface area is 122 Å². The lowest BCUT2D eigenvalue weighted by atomic mass is 10.1. The number of H-pyrrole nitrogens is 1. The number of carbonyl (C=O) groups excluding carboxylic acids is 1. The average molecular weight is 308 g/mol. The van der Waals surface area contributed by atoms with Crippen molar-refractivity contribution in [2.45, 2.75) is 18.2 Å². The molecule has 0 bridgehead atoms. The Morgan fingerprint density at radius 1 is 1.33 bits per heavy atom. The molecule has 3 N–H and O–H groups in total. The van der Waals surface area contributed by atoms with Gasteiger partial charge in [-0.15, -0.1) is 0 Å². The minimum Gasteiger partial charge on any atom is -0.352 e. The van der Waals surface area contributed by atoms with E-state index in [0.717, 1.165) is 6.42 Å². The number of rotatable bonds is 6. The van der Waals surface area contributed by atoms with Gasteiger partial charge in [0.15, 0.2) is 0 Å². The lowest BCUT2D eigenvalue weighted by Crippen LogP contribution is -2.25. The first kappa shape index (κ1) is 15.0. The molecule has 2 rings (SSSR count). The SMILES string of the molecule is CCCNC(=O)c1ccccc1NS(=O)(=O)c1cn[nH]c1. The average Bonchev–Trinajstić information content (AvgIpc) is 3.00. The van der Waals surface area contributed by atoms with E-state index in [1.54, 1.807) is 24.3 Å². The largest absolute Gasteiger partial charge is 0.352 e. The van der Waals surface area contributed by atoms with E-state index in [9.17, 15) is 13.2 Å². The molecule has 0 spiro atoms. The van der Waals surface area contributed by atoms with Crippen molar-refractivity contribution in [2.75, 3.05) is 11.3 Å². The number of aromatic amines is 1. The summed E-state index contributed by atoms with van der Waals surface area (Å²) in [6.45, 7) is 2.47. The number of sulfonamides is 1. The number of amides is 1. The molecule has 2 aromatic rings. The topological polar surface area (TPSA) is 104 Å². The number of hydrogen-bond donors (Lipinski definition) is 3. The van der Waals surface area contributed by atoms with Crippen LogP contribution in [0, 0.1) is 0 Å². The normalized spacial score (nSPS) is 11.1. The summed E-state index contributed by atoms with van der Waals surface area (Å²) in [5.74, 6) is -0.317. The fraction of sp³-hybridized carbons (Fsp3) is 0.231. The molecule has 0 aliphatic heterocycles. The van der Waals surface area contributed by atoms with Gasteiger partial charge in [0.2, 0.25) is 0 Å². The standard InChI is InChI=1S/C13H16N4O3S/c1-2-7-14-13(18)11-5-3-4-6-12(11)17-21(19,20)10-8-15-16-9-10/h3-6,8-9,17H,2,7H2,1H3,(H,14,18)(H,15,16). The molecular formula is C13H16N4O3S. The molecular weight excluding hydrogens is 292 g/mol. The Hall–Kier alpha value is -2.35. The molecule has 1 aromatic carbocycles. The van der Waals surface area contributed by atoms with Gasteiger partial charge < -0.3 is 5.32 Å². The van der Waals surface area contributed by atoms with Crippen LogP contribution >= 0.6 is 0 Å². The van der Waals surface area contributed by atoms with Crippen LogP contribution in [0.4, 0.5) is 5.69 Å². The van der Waals surface area contributed by atoms with E-state index in [2.05, 4.69) is 20.2 Å². The van der Waals surface area contributed by atoms with Gasteiger partial charge in [0.25, 0.3) is 15.9 Å². The molecule has 1 amide bonds. The summed E-state index contributed by atoms with van der Waals surface area (Å²) in [6, 6.07) is 6.44. The number of anilines is 1. The Balaban J connectivity index is 2.27. The van der Waals surface area contributed by atoms with Crippen LogP contribution in [-0.4, -0.2) is 31.1 Å². The highest BCUT2D eigenvalue weighted by Crippen LogP contribution is 2.19. The molecule has 21 heavy (non-hydrogen) atoms. The predicted octanol–water partition coefficient (Wildman–Crippen LogP) is 1.35. The van der Waals surface area contributed by atoms with Crippen molar-refractivity contribution >= 4 is 21.6 Å². The number of aromatic nitrogens is 2. The molecule has 1 aromatic heterocycles. The number of nitrogens with zero attached hydrogens (tertiary/aromatic N) is 1. The van der Waals surface area contributed by atoms with Crippen LogP contribution < -0.4 is 10.0 Å². The van der Waals surface area contributed by atoms with Crippen molar-refractivity contribution in [1.82, 2.24) is 15.5 Å². The molecule has 0 atom stereocenters. The summed E-state index contributed by atoms with van der Waals surface area (Å²) < 4.78 is 26.7. The summed E-state index contributed by atoms with van der Waals surface area (Å²) in [4.78, 5) is 12.0. The van der Waals surface area contributed by atoms with E-state index in [4.69, 9.17) is 0 Å². The Bertz CT molecular complexity index is 711. The third-order valence-corrected chi connectivity index (χ3v) is 4.07. The van der Waals surface area contributed by atoms with Crippen LogP contribution in [0.25, 0.3) is 0 Å². The Kier molecular flexibility index (Phi) is 4.59. The van der Waals surface area contributed by atoms with Crippen molar-refractivity contribution in [3.05, 3.63) is 42.2 Å². The molecule has 0 radical (unpaired) electrons. The summed E-state index contributed by atoms with van der Waals surface area (Å²) in [6.07, 6.45) is 3.26. The van der Waals surface area contributed by atoms with Crippen molar-refractivity contribution in [2.24, 2.45) is 0 Å². The maximum atomic E-state index is 12.1. The van der Waals surface area contributed by atoms with Gasteiger partial charge in [-0.1, -0.05) is 19.1 Å². The molecule has 0 saturated heterocycles. The van der Waals surface area contributed by atoms with E-state index in [1.807, 2.05) is 6.92 Å². The molecule has 8 heteroatoms. The molecule has 0 aliphatic carbocycles. The van der Waals surface area contributed by atoms with Gasteiger partial charge in [0.1, 0.15) is 4.90 Å². The zero-order valence-corrected chi connectivity index (χ0v) is 12.3.